The number of aliphatic hydroxyl groups is 1. The second-order valence-electron chi connectivity index (χ2n) is 9.07. The van der Waals surface area contributed by atoms with Gasteiger partial charge in [-0.1, -0.05) is 12.5 Å². The van der Waals surface area contributed by atoms with Gasteiger partial charge in [-0.3, -0.25) is 9.69 Å². The van der Waals surface area contributed by atoms with E-state index in [1.807, 2.05) is 6.07 Å². The van der Waals surface area contributed by atoms with Crippen LogP contribution in [0.15, 0.2) is 12.1 Å². The summed E-state index contributed by atoms with van der Waals surface area (Å²) in [6, 6.07) is 3.70. The van der Waals surface area contributed by atoms with Gasteiger partial charge in [0, 0.05) is 24.6 Å². The molecule has 0 aromatic heterocycles. The first-order chi connectivity index (χ1) is 12.5. The molecule has 1 aromatic carbocycles. The molecule has 2 unspecified atom stereocenters. The van der Waals surface area contributed by atoms with Crippen molar-refractivity contribution in [2.24, 2.45) is 5.92 Å². The third-order valence-electron chi connectivity index (χ3n) is 8.09. The van der Waals surface area contributed by atoms with E-state index in [2.05, 4.69) is 4.90 Å². The molecule has 0 radical (unpaired) electrons. The number of Topliss-reactive ketones (excluding diaryl/α,β-unsaturated/α-hetero) is 1. The van der Waals surface area contributed by atoms with E-state index in [1.165, 1.54) is 19.3 Å². The Bertz CT molecular complexity index is 818. The minimum atomic E-state index is -0.945. The average Bonchev–Trinajstić information content (AvgIpc) is 2.93. The van der Waals surface area contributed by atoms with E-state index in [4.69, 9.17) is 4.74 Å². The first-order valence-electron chi connectivity index (χ1n) is 10.1. The van der Waals surface area contributed by atoms with Crippen LogP contribution in [0, 0.1) is 5.92 Å². The predicted molar refractivity (Wildman–Crippen MR) is 94.4 cm³/mol. The second kappa shape index (κ2) is 4.82. The monoisotopic (exact) mass is 355 g/mol. The maximum Gasteiger partial charge on any atom is 0.174 e. The second-order valence-corrected chi connectivity index (χ2v) is 9.07. The molecule has 2 aliphatic heterocycles. The lowest BCUT2D eigenvalue weighted by molar-refractivity contribution is -0.190. The number of ether oxygens (including phenoxy) is 1. The topological polar surface area (TPSA) is 70.0 Å². The zero-order valence-electron chi connectivity index (χ0n) is 14.9. The average molecular weight is 355 g/mol. The molecule has 4 atom stereocenters. The van der Waals surface area contributed by atoms with Crippen LogP contribution in [0.2, 0.25) is 0 Å². The lowest BCUT2D eigenvalue weighted by Crippen LogP contribution is -2.76. The molecule has 2 bridgehead atoms. The molecule has 2 heterocycles. The number of rotatable bonds is 2. The molecular formula is C21H25NO4. The zero-order valence-corrected chi connectivity index (χ0v) is 14.9. The van der Waals surface area contributed by atoms with Crippen molar-refractivity contribution in [2.75, 3.05) is 13.1 Å². The van der Waals surface area contributed by atoms with Gasteiger partial charge in [-0.25, -0.2) is 0 Å². The number of nitrogens with zero attached hydrogens (tertiary/aromatic N) is 1. The quantitative estimate of drug-likeness (QED) is 0.848. The Labute approximate surface area is 152 Å². The standard InChI is InChI=1S/C21H25NO4/c23-14-5-4-13-10-16-21(25)7-6-15(24)19-20(21,17(13)18(14)26-19)8-9-22(16)11-12-2-1-3-12/h4-5,12,16,19,23,25H,1-3,6-11H2/t16-,19+,20?,21?/m1/s1. The van der Waals surface area contributed by atoms with Crippen molar-refractivity contribution in [1.29, 1.82) is 0 Å². The molecule has 2 N–H and O–H groups in total. The van der Waals surface area contributed by atoms with Crippen LogP contribution in [-0.2, 0) is 16.6 Å². The number of benzene rings is 1. The summed E-state index contributed by atoms with van der Waals surface area (Å²) in [7, 11) is 0. The minimum absolute atomic E-state index is 0.0408. The van der Waals surface area contributed by atoms with E-state index in [-0.39, 0.29) is 17.6 Å². The maximum atomic E-state index is 12.8. The largest absolute Gasteiger partial charge is 0.504 e. The fraction of sp³-hybridized carbons (Fsp3) is 0.667. The molecule has 2 saturated carbocycles. The molecular weight excluding hydrogens is 330 g/mol. The Kier molecular flexibility index (Phi) is 2.86. The van der Waals surface area contributed by atoms with Gasteiger partial charge < -0.3 is 14.9 Å². The SMILES string of the molecule is O=C1CCC2(O)[C@H]3Cc4ccc(O)c5c4C2(CCN3CC2CCC2)[C@H]1O5. The number of piperidine rings is 1. The van der Waals surface area contributed by atoms with Crippen LogP contribution in [0.1, 0.15) is 49.7 Å². The van der Waals surface area contributed by atoms with Crippen LogP contribution in [0.3, 0.4) is 0 Å². The predicted octanol–water partition coefficient (Wildman–Crippen LogP) is 1.92. The van der Waals surface area contributed by atoms with Crippen LogP contribution >= 0.6 is 0 Å². The molecule has 3 aliphatic carbocycles. The first-order valence-corrected chi connectivity index (χ1v) is 10.1. The highest BCUT2D eigenvalue weighted by molar-refractivity contribution is 5.90. The molecule has 5 nitrogen and oxygen atoms in total. The summed E-state index contributed by atoms with van der Waals surface area (Å²) in [6.45, 7) is 1.95. The van der Waals surface area contributed by atoms with E-state index >= 15 is 0 Å². The van der Waals surface area contributed by atoms with Crippen LogP contribution in [0.4, 0.5) is 0 Å². The Morgan fingerprint density at radius 2 is 2.12 bits per heavy atom. The van der Waals surface area contributed by atoms with Gasteiger partial charge >= 0.3 is 0 Å². The van der Waals surface area contributed by atoms with Crippen LogP contribution in [-0.4, -0.2) is 51.7 Å². The van der Waals surface area contributed by atoms with E-state index in [9.17, 15) is 15.0 Å². The minimum Gasteiger partial charge on any atom is -0.504 e. The number of carbonyl (C=O) groups excluding carboxylic acids is 1. The highest BCUT2D eigenvalue weighted by Crippen LogP contribution is 2.64. The molecule has 5 aliphatic rings. The van der Waals surface area contributed by atoms with Crippen molar-refractivity contribution >= 4 is 5.78 Å². The molecule has 1 aromatic rings. The Morgan fingerprint density at radius 1 is 1.27 bits per heavy atom. The smallest absolute Gasteiger partial charge is 0.174 e. The lowest BCUT2D eigenvalue weighted by atomic mass is 9.49. The van der Waals surface area contributed by atoms with E-state index in [0.29, 0.717) is 18.6 Å². The van der Waals surface area contributed by atoms with Gasteiger partial charge in [-0.05, 0) is 56.2 Å². The number of phenolic OH excluding ortho intramolecular Hbond substituents is 1. The molecule has 1 saturated heterocycles. The number of phenols is 1. The summed E-state index contributed by atoms with van der Waals surface area (Å²) in [5.41, 5.74) is 0.449. The Balaban J connectivity index is 1.53. The third-order valence-corrected chi connectivity index (χ3v) is 8.09. The number of hydrogen-bond acceptors (Lipinski definition) is 5. The van der Waals surface area contributed by atoms with Gasteiger partial charge in [0.15, 0.2) is 23.4 Å². The Morgan fingerprint density at radius 3 is 2.88 bits per heavy atom. The van der Waals surface area contributed by atoms with Crippen molar-refractivity contribution < 1.29 is 19.7 Å². The van der Waals surface area contributed by atoms with E-state index in [0.717, 1.165) is 43.0 Å². The number of aromatic hydroxyl groups is 1. The summed E-state index contributed by atoms with van der Waals surface area (Å²) in [5.74, 6) is 1.37. The molecule has 26 heavy (non-hydrogen) atoms. The summed E-state index contributed by atoms with van der Waals surface area (Å²) < 4.78 is 6.06. The summed E-state index contributed by atoms with van der Waals surface area (Å²) >= 11 is 0. The third kappa shape index (κ3) is 1.59. The van der Waals surface area contributed by atoms with Crippen LogP contribution in [0.25, 0.3) is 0 Å². The van der Waals surface area contributed by atoms with Crippen molar-refractivity contribution in [1.82, 2.24) is 4.90 Å². The number of hydrogen-bond donors (Lipinski definition) is 2. The summed E-state index contributed by atoms with van der Waals surface area (Å²) in [4.78, 5) is 15.3. The maximum absolute atomic E-state index is 12.8. The summed E-state index contributed by atoms with van der Waals surface area (Å²) in [6.07, 6.45) is 5.65. The van der Waals surface area contributed by atoms with E-state index in [1.54, 1.807) is 6.07 Å². The van der Waals surface area contributed by atoms with Gasteiger partial charge in [0.1, 0.15) is 0 Å². The van der Waals surface area contributed by atoms with Crippen LogP contribution in [0.5, 0.6) is 11.5 Å². The van der Waals surface area contributed by atoms with Crippen molar-refractivity contribution in [3.8, 4) is 11.5 Å². The van der Waals surface area contributed by atoms with Gasteiger partial charge in [-0.2, -0.15) is 0 Å². The highest BCUT2D eigenvalue weighted by Gasteiger charge is 2.73. The molecule has 5 heteroatoms. The van der Waals surface area contributed by atoms with Crippen molar-refractivity contribution in [3.63, 3.8) is 0 Å². The lowest BCUT2D eigenvalue weighted by Gasteiger charge is -2.63. The van der Waals surface area contributed by atoms with Gasteiger partial charge in [-0.15, -0.1) is 0 Å². The molecule has 138 valence electrons. The fourth-order valence-corrected chi connectivity index (χ4v) is 6.64. The normalized spacial score (nSPS) is 40.7. The van der Waals surface area contributed by atoms with Gasteiger partial charge in [0.2, 0.25) is 0 Å². The van der Waals surface area contributed by atoms with Gasteiger partial charge in [0.25, 0.3) is 0 Å². The summed E-state index contributed by atoms with van der Waals surface area (Å²) in [5, 5.41) is 22.4. The number of carbonyl (C=O) groups is 1. The molecule has 6 rings (SSSR count). The molecule has 1 spiro atoms. The number of ketones is 1. The molecule has 0 amide bonds. The Hall–Kier alpha value is -1.59. The first kappa shape index (κ1) is 15.5. The van der Waals surface area contributed by atoms with Gasteiger partial charge in [0.05, 0.1) is 11.0 Å². The van der Waals surface area contributed by atoms with Crippen molar-refractivity contribution in [3.05, 3.63) is 23.3 Å². The molecule has 3 fully saturated rings. The number of likely N-dealkylation sites (tertiary alicyclic amines) is 1. The van der Waals surface area contributed by atoms with Crippen LogP contribution < -0.4 is 4.74 Å². The van der Waals surface area contributed by atoms with Crippen molar-refractivity contribution in [2.45, 2.75) is 68.1 Å². The zero-order chi connectivity index (χ0) is 17.7. The fourth-order valence-electron chi connectivity index (χ4n) is 6.64. The van der Waals surface area contributed by atoms with E-state index < -0.39 is 17.1 Å². The highest BCUT2D eigenvalue weighted by atomic mass is 16.5.